The maximum Gasteiger partial charge on any atom is 0.227 e. The average molecular weight is 175 g/mol. The van der Waals surface area contributed by atoms with Crippen molar-refractivity contribution in [3.63, 3.8) is 0 Å². The summed E-state index contributed by atoms with van der Waals surface area (Å²) in [5.41, 5.74) is 2.39. The van der Waals surface area contributed by atoms with Crippen LogP contribution < -0.4 is 5.32 Å². The number of rotatable bonds is 1. The monoisotopic (exact) mass is 175 g/mol. The number of hydrogen-bond acceptors (Lipinski definition) is 1. The van der Waals surface area contributed by atoms with E-state index < -0.39 is 0 Å². The van der Waals surface area contributed by atoms with Crippen molar-refractivity contribution < 1.29 is 4.79 Å². The first-order chi connectivity index (χ1) is 6.29. The Morgan fingerprint density at radius 1 is 1.38 bits per heavy atom. The Morgan fingerprint density at radius 2 is 2.15 bits per heavy atom. The Bertz CT molecular complexity index is 333. The molecule has 1 amide bonds. The summed E-state index contributed by atoms with van der Waals surface area (Å²) in [6.07, 6.45) is 0.934. The zero-order chi connectivity index (χ0) is 9.26. The largest absolute Gasteiger partial charge is 0.356 e. The molecular formula is C11H13NO. The molecule has 13 heavy (non-hydrogen) atoms. The fourth-order valence-electron chi connectivity index (χ4n) is 1.87. The van der Waals surface area contributed by atoms with Crippen LogP contribution in [0.4, 0.5) is 0 Å². The summed E-state index contributed by atoms with van der Waals surface area (Å²) in [5.74, 6) is 0.260. The van der Waals surface area contributed by atoms with Gasteiger partial charge in [0.15, 0.2) is 0 Å². The Labute approximate surface area is 78.0 Å². The van der Waals surface area contributed by atoms with Gasteiger partial charge in [0.25, 0.3) is 0 Å². The van der Waals surface area contributed by atoms with Gasteiger partial charge in [-0.05, 0) is 24.5 Å². The first kappa shape index (κ1) is 8.30. The summed E-state index contributed by atoms with van der Waals surface area (Å²) in [7, 11) is 0. The number of carbonyl (C=O) groups excluding carboxylic acids is 1. The fraction of sp³-hybridized carbons (Fsp3) is 0.364. The lowest BCUT2D eigenvalue weighted by molar-refractivity contribution is -0.120. The highest BCUT2D eigenvalue weighted by Gasteiger charge is 2.26. The summed E-state index contributed by atoms with van der Waals surface area (Å²) in [5, 5.41) is 2.86. The maximum atomic E-state index is 11.4. The van der Waals surface area contributed by atoms with Crippen LogP contribution in [-0.2, 0) is 4.79 Å². The maximum absolute atomic E-state index is 11.4. The van der Waals surface area contributed by atoms with E-state index in [1.807, 2.05) is 18.2 Å². The van der Waals surface area contributed by atoms with Gasteiger partial charge in [0.2, 0.25) is 5.91 Å². The van der Waals surface area contributed by atoms with E-state index in [1.54, 1.807) is 0 Å². The highest BCUT2D eigenvalue weighted by molar-refractivity contribution is 5.85. The number of hydrogen-bond donors (Lipinski definition) is 1. The highest BCUT2D eigenvalue weighted by atomic mass is 16.2. The van der Waals surface area contributed by atoms with E-state index in [0.29, 0.717) is 0 Å². The van der Waals surface area contributed by atoms with E-state index in [9.17, 15) is 4.79 Å². The molecule has 0 aromatic heterocycles. The van der Waals surface area contributed by atoms with E-state index >= 15 is 0 Å². The zero-order valence-electron chi connectivity index (χ0n) is 7.71. The minimum atomic E-state index is 0.0844. The molecule has 0 spiro atoms. The van der Waals surface area contributed by atoms with Gasteiger partial charge in [0.05, 0.1) is 5.92 Å². The number of nitrogens with one attached hydrogen (secondary N) is 1. The minimum absolute atomic E-state index is 0.0844. The van der Waals surface area contributed by atoms with Crippen molar-refractivity contribution in [3.05, 3.63) is 35.4 Å². The van der Waals surface area contributed by atoms with Gasteiger partial charge in [-0.25, -0.2) is 0 Å². The Morgan fingerprint density at radius 3 is 2.77 bits per heavy atom. The van der Waals surface area contributed by atoms with Gasteiger partial charge in [-0.1, -0.05) is 24.3 Å². The summed E-state index contributed by atoms with van der Waals surface area (Å²) in [6, 6.07) is 8.10. The van der Waals surface area contributed by atoms with Gasteiger partial charge in [-0.15, -0.1) is 0 Å². The van der Waals surface area contributed by atoms with Crippen molar-refractivity contribution >= 4 is 5.91 Å². The molecule has 0 saturated carbocycles. The molecule has 1 aromatic rings. The van der Waals surface area contributed by atoms with Gasteiger partial charge in [-0.3, -0.25) is 4.79 Å². The quantitative estimate of drug-likeness (QED) is 0.690. The second-order valence-corrected chi connectivity index (χ2v) is 3.49. The molecule has 2 heteroatoms. The van der Waals surface area contributed by atoms with Crippen LogP contribution >= 0.6 is 0 Å². The minimum Gasteiger partial charge on any atom is -0.356 e. The van der Waals surface area contributed by atoms with E-state index in [4.69, 9.17) is 0 Å². The van der Waals surface area contributed by atoms with Gasteiger partial charge in [0, 0.05) is 6.54 Å². The predicted molar refractivity (Wildman–Crippen MR) is 51.5 cm³/mol. The molecule has 0 radical (unpaired) electrons. The molecule has 1 saturated heterocycles. The molecule has 68 valence electrons. The lowest BCUT2D eigenvalue weighted by Crippen LogP contribution is -2.18. The van der Waals surface area contributed by atoms with E-state index in [2.05, 4.69) is 18.3 Å². The molecule has 1 N–H and O–H groups in total. The topological polar surface area (TPSA) is 29.1 Å². The Balaban J connectivity index is 2.34. The molecule has 1 heterocycles. The van der Waals surface area contributed by atoms with Gasteiger partial charge >= 0.3 is 0 Å². The third-order valence-corrected chi connectivity index (χ3v) is 2.61. The lowest BCUT2D eigenvalue weighted by Gasteiger charge is -2.09. The van der Waals surface area contributed by atoms with Crippen LogP contribution in [0.2, 0.25) is 0 Å². The third kappa shape index (κ3) is 1.44. The summed E-state index contributed by atoms with van der Waals surface area (Å²) in [4.78, 5) is 11.4. The van der Waals surface area contributed by atoms with Crippen LogP contribution in [0, 0.1) is 6.92 Å². The van der Waals surface area contributed by atoms with Crippen molar-refractivity contribution in [3.8, 4) is 0 Å². The zero-order valence-corrected chi connectivity index (χ0v) is 7.71. The fourth-order valence-corrected chi connectivity index (χ4v) is 1.87. The average Bonchev–Trinajstić information content (AvgIpc) is 2.52. The molecule has 2 nitrogen and oxygen atoms in total. The molecule has 1 aliphatic heterocycles. The van der Waals surface area contributed by atoms with Gasteiger partial charge < -0.3 is 5.32 Å². The Kier molecular flexibility index (Phi) is 2.05. The van der Waals surface area contributed by atoms with Crippen LogP contribution in [0.5, 0.6) is 0 Å². The number of carbonyl (C=O) groups is 1. The molecule has 1 aromatic carbocycles. The molecule has 0 bridgehead atoms. The van der Waals surface area contributed by atoms with Crippen LogP contribution in [0.25, 0.3) is 0 Å². The summed E-state index contributed by atoms with van der Waals surface area (Å²) >= 11 is 0. The molecule has 0 aliphatic carbocycles. The normalized spacial score (nSPS) is 21.6. The number of amides is 1. The first-order valence-corrected chi connectivity index (χ1v) is 4.62. The summed E-state index contributed by atoms with van der Waals surface area (Å²) < 4.78 is 0. The van der Waals surface area contributed by atoms with Gasteiger partial charge in [0.1, 0.15) is 0 Å². The van der Waals surface area contributed by atoms with Crippen LogP contribution in [-0.4, -0.2) is 12.5 Å². The smallest absolute Gasteiger partial charge is 0.227 e. The second kappa shape index (κ2) is 3.21. The molecule has 1 aliphatic rings. The van der Waals surface area contributed by atoms with Crippen LogP contribution in [0.3, 0.4) is 0 Å². The predicted octanol–water partition coefficient (Wildman–Crippen LogP) is 1.60. The van der Waals surface area contributed by atoms with Crippen LogP contribution in [0.15, 0.2) is 24.3 Å². The third-order valence-electron chi connectivity index (χ3n) is 2.61. The SMILES string of the molecule is Cc1ccccc1[C@H]1CCNC1=O. The van der Waals surface area contributed by atoms with Crippen molar-refractivity contribution in [2.45, 2.75) is 19.3 Å². The highest BCUT2D eigenvalue weighted by Crippen LogP contribution is 2.25. The standard InChI is InChI=1S/C11H13NO/c1-8-4-2-3-5-9(8)10-6-7-12-11(10)13/h2-5,10H,6-7H2,1H3,(H,12,13)/t10-/m1/s1. The summed E-state index contributed by atoms with van der Waals surface area (Å²) in [6.45, 7) is 2.87. The lowest BCUT2D eigenvalue weighted by atomic mass is 9.94. The Hall–Kier alpha value is -1.31. The molecule has 1 fully saturated rings. The number of aryl methyl sites for hydroxylation is 1. The van der Waals surface area contributed by atoms with E-state index in [1.165, 1.54) is 11.1 Å². The van der Waals surface area contributed by atoms with Crippen molar-refractivity contribution in [2.75, 3.05) is 6.54 Å². The molecule has 2 rings (SSSR count). The number of benzene rings is 1. The van der Waals surface area contributed by atoms with Crippen molar-refractivity contribution in [1.82, 2.24) is 5.32 Å². The van der Waals surface area contributed by atoms with Crippen LogP contribution in [0.1, 0.15) is 23.5 Å². The van der Waals surface area contributed by atoms with E-state index in [-0.39, 0.29) is 11.8 Å². The first-order valence-electron chi connectivity index (χ1n) is 4.62. The second-order valence-electron chi connectivity index (χ2n) is 3.49. The molecule has 1 atom stereocenters. The van der Waals surface area contributed by atoms with Crippen molar-refractivity contribution in [1.29, 1.82) is 0 Å². The molecule has 0 unspecified atom stereocenters. The molecular weight excluding hydrogens is 162 g/mol. The van der Waals surface area contributed by atoms with Crippen molar-refractivity contribution in [2.24, 2.45) is 0 Å². The van der Waals surface area contributed by atoms with E-state index in [0.717, 1.165) is 13.0 Å². The van der Waals surface area contributed by atoms with Gasteiger partial charge in [-0.2, -0.15) is 0 Å².